The Labute approximate surface area is 110 Å². The van der Waals surface area contributed by atoms with Crippen molar-refractivity contribution >= 4 is 34.8 Å². The summed E-state index contributed by atoms with van der Waals surface area (Å²) >= 11 is 11.6. The molecule has 1 unspecified atom stereocenters. The fourth-order valence-corrected chi connectivity index (χ4v) is 1.87. The van der Waals surface area contributed by atoms with Crippen molar-refractivity contribution in [2.75, 3.05) is 5.32 Å². The summed E-state index contributed by atoms with van der Waals surface area (Å²) in [5, 5.41) is 12.2. The maximum atomic E-state index is 11.6. The first kappa shape index (κ1) is 14.2. The summed E-state index contributed by atoms with van der Waals surface area (Å²) < 4.78 is 0. The van der Waals surface area contributed by atoms with E-state index in [-0.39, 0.29) is 22.6 Å². The molecule has 6 heteroatoms. The van der Waals surface area contributed by atoms with Crippen LogP contribution < -0.4 is 5.32 Å². The monoisotopic (exact) mass is 276 g/mol. The number of pyridine rings is 1. The van der Waals surface area contributed by atoms with Crippen LogP contribution >= 0.6 is 23.2 Å². The van der Waals surface area contributed by atoms with Gasteiger partial charge in [-0.1, -0.05) is 23.2 Å². The Morgan fingerprint density at radius 1 is 1.59 bits per heavy atom. The largest absolute Gasteiger partial charge is 0.393 e. The van der Waals surface area contributed by atoms with E-state index in [1.54, 1.807) is 19.9 Å². The highest BCUT2D eigenvalue weighted by atomic mass is 35.5. The Kier molecular flexibility index (Phi) is 5.18. The third kappa shape index (κ3) is 4.50. The van der Waals surface area contributed by atoms with Gasteiger partial charge in [0.2, 0.25) is 5.91 Å². The Morgan fingerprint density at radius 2 is 2.24 bits per heavy atom. The third-order valence-corrected chi connectivity index (χ3v) is 2.66. The van der Waals surface area contributed by atoms with E-state index in [4.69, 9.17) is 28.3 Å². The number of aliphatic hydroxyl groups is 1. The summed E-state index contributed by atoms with van der Waals surface area (Å²) in [6.07, 6.45) is 0.139. The van der Waals surface area contributed by atoms with Gasteiger partial charge in [-0.25, -0.2) is 4.98 Å². The van der Waals surface area contributed by atoms with Gasteiger partial charge in [0.05, 0.1) is 11.8 Å². The van der Waals surface area contributed by atoms with Crippen molar-refractivity contribution in [2.45, 2.75) is 32.8 Å². The smallest absolute Gasteiger partial charge is 0.224 e. The molecule has 0 aliphatic heterocycles. The molecule has 0 radical (unpaired) electrons. The predicted octanol–water partition coefficient (Wildman–Crippen LogP) is 2.80. The molecule has 0 spiro atoms. The molecule has 1 heterocycles. The number of carbonyl (C=O) groups is 1. The van der Waals surface area contributed by atoms with E-state index >= 15 is 0 Å². The van der Waals surface area contributed by atoms with Gasteiger partial charge in [-0.05, 0) is 31.9 Å². The lowest BCUT2D eigenvalue weighted by Crippen LogP contribution is -2.15. The first-order chi connectivity index (χ1) is 7.90. The van der Waals surface area contributed by atoms with Gasteiger partial charge in [-0.15, -0.1) is 0 Å². The highest BCUT2D eigenvalue weighted by Crippen LogP contribution is 2.26. The predicted molar refractivity (Wildman–Crippen MR) is 68.5 cm³/mol. The molecule has 1 aromatic rings. The van der Waals surface area contributed by atoms with Crippen LogP contribution in [0, 0.1) is 6.92 Å². The van der Waals surface area contributed by atoms with E-state index in [0.717, 1.165) is 5.56 Å². The number of carbonyl (C=O) groups excluding carboxylic acids is 1. The van der Waals surface area contributed by atoms with E-state index in [1.165, 1.54) is 0 Å². The molecule has 94 valence electrons. The maximum absolute atomic E-state index is 11.6. The standard InChI is InChI=1S/C11H14Cl2N2O2/c1-6-5-8(12)14-11(13)10(6)15-9(17)4-3-7(2)16/h5,7,16H,3-4H2,1-2H3,(H,15,17). The van der Waals surface area contributed by atoms with Crippen LogP contribution in [-0.4, -0.2) is 22.1 Å². The lowest BCUT2D eigenvalue weighted by molar-refractivity contribution is -0.116. The third-order valence-electron chi connectivity index (χ3n) is 2.19. The highest BCUT2D eigenvalue weighted by molar-refractivity contribution is 6.34. The number of hydrogen-bond donors (Lipinski definition) is 2. The Hall–Kier alpha value is -0.840. The summed E-state index contributed by atoms with van der Waals surface area (Å²) in [5.74, 6) is -0.208. The molecule has 1 atom stereocenters. The number of aliphatic hydroxyl groups excluding tert-OH is 1. The quantitative estimate of drug-likeness (QED) is 0.832. The fraction of sp³-hybridized carbons (Fsp3) is 0.455. The molecule has 0 aromatic carbocycles. The van der Waals surface area contributed by atoms with Crippen molar-refractivity contribution in [3.05, 3.63) is 21.9 Å². The lowest BCUT2D eigenvalue weighted by atomic mass is 10.2. The minimum atomic E-state index is -0.499. The van der Waals surface area contributed by atoms with Gasteiger partial charge in [0.15, 0.2) is 5.15 Å². The molecule has 2 N–H and O–H groups in total. The topological polar surface area (TPSA) is 62.2 Å². The zero-order valence-corrected chi connectivity index (χ0v) is 11.1. The zero-order chi connectivity index (χ0) is 13.0. The van der Waals surface area contributed by atoms with Gasteiger partial charge in [0.1, 0.15) is 5.15 Å². The number of nitrogens with one attached hydrogen (secondary N) is 1. The highest BCUT2D eigenvalue weighted by Gasteiger charge is 2.11. The lowest BCUT2D eigenvalue weighted by Gasteiger charge is -2.10. The van der Waals surface area contributed by atoms with E-state index < -0.39 is 6.10 Å². The molecule has 1 amide bonds. The summed E-state index contributed by atoms with van der Waals surface area (Å²) in [5.41, 5.74) is 1.21. The van der Waals surface area contributed by atoms with E-state index in [2.05, 4.69) is 10.3 Å². The minimum absolute atomic E-state index is 0.167. The Bertz CT molecular complexity index is 399. The number of nitrogens with zero attached hydrogens (tertiary/aromatic N) is 1. The molecular formula is C11H14Cl2N2O2. The first-order valence-electron chi connectivity index (χ1n) is 5.20. The second-order valence-electron chi connectivity index (χ2n) is 3.86. The van der Waals surface area contributed by atoms with E-state index in [9.17, 15) is 4.79 Å². The fourth-order valence-electron chi connectivity index (χ4n) is 1.29. The number of amides is 1. The normalized spacial score (nSPS) is 12.3. The van der Waals surface area contributed by atoms with E-state index in [0.29, 0.717) is 12.1 Å². The number of hydrogen-bond acceptors (Lipinski definition) is 3. The number of aryl methyl sites for hydroxylation is 1. The second kappa shape index (κ2) is 6.19. The molecule has 0 saturated heterocycles. The maximum Gasteiger partial charge on any atom is 0.224 e. The van der Waals surface area contributed by atoms with Crippen molar-refractivity contribution in [1.29, 1.82) is 0 Å². The van der Waals surface area contributed by atoms with Crippen molar-refractivity contribution in [1.82, 2.24) is 4.98 Å². The van der Waals surface area contributed by atoms with Gasteiger partial charge >= 0.3 is 0 Å². The summed E-state index contributed by atoms with van der Waals surface area (Å²) in [6.45, 7) is 3.42. The molecule has 0 aliphatic rings. The molecule has 0 saturated carbocycles. The van der Waals surface area contributed by atoms with Crippen molar-refractivity contribution in [3.8, 4) is 0 Å². The molecule has 17 heavy (non-hydrogen) atoms. The molecule has 0 fully saturated rings. The van der Waals surface area contributed by atoms with Crippen LogP contribution in [0.15, 0.2) is 6.07 Å². The molecule has 1 rings (SSSR count). The summed E-state index contributed by atoms with van der Waals surface area (Å²) in [6, 6.07) is 1.62. The van der Waals surface area contributed by atoms with Gasteiger partial charge in [0, 0.05) is 6.42 Å². The van der Waals surface area contributed by atoms with Gasteiger partial charge in [0.25, 0.3) is 0 Å². The van der Waals surface area contributed by atoms with Crippen LogP contribution in [0.3, 0.4) is 0 Å². The van der Waals surface area contributed by atoms with Crippen LogP contribution in [0.4, 0.5) is 5.69 Å². The van der Waals surface area contributed by atoms with E-state index in [1.807, 2.05) is 0 Å². The Balaban J connectivity index is 2.72. The van der Waals surface area contributed by atoms with Crippen LogP contribution in [-0.2, 0) is 4.79 Å². The van der Waals surface area contributed by atoms with Crippen molar-refractivity contribution < 1.29 is 9.90 Å². The van der Waals surface area contributed by atoms with Crippen LogP contribution in [0.25, 0.3) is 0 Å². The number of anilines is 1. The molecule has 1 aromatic heterocycles. The van der Waals surface area contributed by atoms with Crippen LogP contribution in [0.5, 0.6) is 0 Å². The SMILES string of the molecule is Cc1cc(Cl)nc(Cl)c1NC(=O)CCC(C)O. The number of aromatic nitrogens is 1. The second-order valence-corrected chi connectivity index (χ2v) is 4.61. The van der Waals surface area contributed by atoms with Crippen molar-refractivity contribution in [3.63, 3.8) is 0 Å². The average Bonchev–Trinajstić information content (AvgIpc) is 2.20. The number of halogens is 2. The molecule has 0 aliphatic carbocycles. The molecular weight excluding hydrogens is 263 g/mol. The molecule has 4 nitrogen and oxygen atoms in total. The van der Waals surface area contributed by atoms with Gasteiger partial charge in [-0.3, -0.25) is 4.79 Å². The van der Waals surface area contributed by atoms with Crippen LogP contribution in [0.1, 0.15) is 25.3 Å². The first-order valence-corrected chi connectivity index (χ1v) is 5.96. The number of rotatable bonds is 4. The minimum Gasteiger partial charge on any atom is -0.393 e. The molecule has 0 bridgehead atoms. The zero-order valence-electron chi connectivity index (χ0n) is 9.63. The summed E-state index contributed by atoms with van der Waals surface area (Å²) in [7, 11) is 0. The summed E-state index contributed by atoms with van der Waals surface area (Å²) in [4.78, 5) is 15.4. The van der Waals surface area contributed by atoms with Gasteiger partial charge in [-0.2, -0.15) is 0 Å². The Morgan fingerprint density at radius 3 is 2.76 bits per heavy atom. The van der Waals surface area contributed by atoms with Crippen molar-refractivity contribution in [2.24, 2.45) is 0 Å². The van der Waals surface area contributed by atoms with Crippen LogP contribution in [0.2, 0.25) is 10.3 Å². The van der Waals surface area contributed by atoms with Gasteiger partial charge < -0.3 is 10.4 Å². The average molecular weight is 277 g/mol.